The van der Waals surface area contributed by atoms with E-state index < -0.39 is 23.7 Å². The molecule has 6 nitrogen and oxygen atoms in total. The van der Waals surface area contributed by atoms with E-state index in [4.69, 9.17) is 10.8 Å². The van der Waals surface area contributed by atoms with Gasteiger partial charge in [-0.3, -0.25) is 4.90 Å². The summed E-state index contributed by atoms with van der Waals surface area (Å²) < 4.78 is 18.0. The van der Waals surface area contributed by atoms with E-state index in [9.17, 15) is 14.7 Å². The SMILES string of the molecule is [2H]CC(C)(C)OC(=O)N1C[C@H](OCCC)C[C@H]1C(=O)O. The fourth-order valence-electron chi connectivity index (χ4n) is 1.93. The second kappa shape index (κ2) is 6.23. The van der Waals surface area contributed by atoms with Gasteiger partial charge in [0, 0.05) is 14.4 Å². The summed E-state index contributed by atoms with van der Waals surface area (Å²) in [6, 6.07) is -0.925. The molecule has 0 aromatic heterocycles. The third-order valence-corrected chi connectivity index (χ3v) is 2.70. The first-order valence-electron chi connectivity index (χ1n) is 7.14. The van der Waals surface area contributed by atoms with Crippen LogP contribution in [0.1, 0.15) is 41.9 Å². The number of aliphatic carboxylic acids is 1. The number of ether oxygens (including phenoxy) is 2. The maximum absolute atomic E-state index is 12.1. The molecule has 0 bridgehead atoms. The Morgan fingerprint density at radius 1 is 1.53 bits per heavy atom. The molecule has 19 heavy (non-hydrogen) atoms. The first-order valence-corrected chi connectivity index (χ1v) is 6.44. The van der Waals surface area contributed by atoms with Crippen molar-refractivity contribution in [1.82, 2.24) is 4.90 Å². The molecule has 1 aliphatic heterocycles. The number of likely N-dealkylation sites (tertiary alicyclic amines) is 1. The van der Waals surface area contributed by atoms with E-state index in [1.165, 1.54) is 4.90 Å². The zero-order valence-electron chi connectivity index (χ0n) is 12.7. The van der Waals surface area contributed by atoms with Crippen molar-refractivity contribution in [3.8, 4) is 0 Å². The van der Waals surface area contributed by atoms with Gasteiger partial charge in [0.25, 0.3) is 0 Å². The van der Waals surface area contributed by atoms with Crippen LogP contribution in [0.5, 0.6) is 0 Å². The quantitative estimate of drug-likeness (QED) is 0.847. The van der Waals surface area contributed by atoms with Gasteiger partial charge in [-0.1, -0.05) is 6.92 Å². The normalized spacial score (nSPS) is 24.2. The van der Waals surface area contributed by atoms with Crippen LogP contribution in [0.2, 0.25) is 0 Å². The number of carbonyl (C=O) groups is 2. The molecule has 1 fully saturated rings. The van der Waals surface area contributed by atoms with Crippen LogP contribution in [0.3, 0.4) is 0 Å². The van der Waals surface area contributed by atoms with E-state index in [2.05, 4.69) is 0 Å². The molecule has 1 amide bonds. The highest BCUT2D eigenvalue weighted by Crippen LogP contribution is 2.23. The molecule has 1 saturated heterocycles. The monoisotopic (exact) mass is 274 g/mol. The van der Waals surface area contributed by atoms with Gasteiger partial charge >= 0.3 is 12.1 Å². The lowest BCUT2D eigenvalue weighted by atomic mass is 10.2. The standard InChI is InChI=1S/C13H23NO5/c1-5-6-18-9-7-10(11(15)16)14(8-9)12(17)19-13(2,3)4/h9-10H,5-8H2,1-4H3,(H,15,16)/t9-,10+/m1/s1/i2D. The minimum atomic E-state index is -1.06. The molecular formula is C13H23NO5. The first-order chi connectivity index (χ1) is 9.30. The molecule has 0 unspecified atom stereocenters. The maximum atomic E-state index is 12.1. The average Bonchev–Trinajstić information content (AvgIpc) is 2.80. The minimum absolute atomic E-state index is 0.0833. The van der Waals surface area contributed by atoms with Crippen molar-refractivity contribution in [2.45, 2.75) is 58.3 Å². The molecule has 0 saturated carbocycles. The predicted octanol–water partition coefficient (Wildman–Crippen LogP) is 1.88. The second-order valence-corrected chi connectivity index (χ2v) is 5.36. The largest absolute Gasteiger partial charge is 0.480 e. The number of rotatable bonds is 4. The number of carbonyl (C=O) groups excluding carboxylic acids is 1. The van der Waals surface area contributed by atoms with E-state index in [1.54, 1.807) is 13.8 Å². The second-order valence-electron chi connectivity index (χ2n) is 5.36. The zero-order chi connectivity index (χ0) is 15.3. The molecular weight excluding hydrogens is 250 g/mol. The highest BCUT2D eigenvalue weighted by Gasteiger charge is 2.41. The Morgan fingerprint density at radius 3 is 2.74 bits per heavy atom. The number of amides is 1. The fourth-order valence-corrected chi connectivity index (χ4v) is 1.93. The lowest BCUT2D eigenvalue weighted by Gasteiger charge is -2.26. The number of carboxylic acids is 1. The summed E-state index contributed by atoms with van der Waals surface area (Å²) in [5.41, 5.74) is -0.928. The first kappa shape index (κ1) is 14.1. The molecule has 1 N–H and O–H groups in total. The summed E-state index contributed by atoms with van der Waals surface area (Å²) in [6.07, 6.45) is 0.135. The van der Waals surface area contributed by atoms with Gasteiger partial charge in [0.05, 0.1) is 12.6 Å². The Labute approximate surface area is 115 Å². The summed E-state index contributed by atoms with van der Waals surface area (Å²) in [5, 5.41) is 9.19. The van der Waals surface area contributed by atoms with Gasteiger partial charge in [-0.25, -0.2) is 9.59 Å². The van der Waals surface area contributed by atoms with Crippen LogP contribution in [0.15, 0.2) is 0 Å². The van der Waals surface area contributed by atoms with Gasteiger partial charge in [0.15, 0.2) is 0 Å². The number of nitrogens with zero attached hydrogens (tertiary/aromatic N) is 1. The summed E-state index contributed by atoms with van der Waals surface area (Å²) in [5.74, 6) is -1.06. The van der Waals surface area contributed by atoms with Gasteiger partial charge < -0.3 is 14.6 Å². The third kappa shape index (κ3) is 4.70. The van der Waals surface area contributed by atoms with Gasteiger partial charge in [-0.2, -0.15) is 0 Å². The van der Waals surface area contributed by atoms with E-state index in [0.717, 1.165) is 6.42 Å². The Bertz CT molecular complexity index is 361. The third-order valence-electron chi connectivity index (χ3n) is 2.70. The molecule has 110 valence electrons. The van der Waals surface area contributed by atoms with Gasteiger partial charge in [0.2, 0.25) is 0 Å². The van der Waals surface area contributed by atoms with Crippen LogP contribution in [0, 0.1) is 0 Å². The number of hydrogen-bond donors (Lipinski definition) is 1. The lowest BCUT2D eigenvalue weighted by Crippen LogP contribution is -2.43. The minimum Gasteiger partial charge on any atom is -0.480 e. The van der Waals surface area contributed by atoms with Crippen LogP contribution in [0.25, 0.3) is 0 Å². The summed E-state index contributed by atoms with van der Waals surface area (Å²) in [7, 11) is 0. The molecule has 1 aliphatic rings. The van der Waals surface area contributed by atoms with Crippen molar-refractivity contribution in [2.24, 2.45) is 0 Å². The molecule has 1 rings (SSSR count). The van der Waals surface area contributed by atoms with Crippen molar-refractivity contribution in [3.05, 3.63) is 0 Å². The smallest absolute Gasteiger partial charge is 0.411 e. The molecule has 1 heterocycles. The number of hydrogen-bond acceptors (Lipinski definition) is 4. The van der Waals surface area contributed by atoms with Gasteiger partial charge in [-0.15, -0.1) is 0 Å². The molecule has 0 aromatic carbocycles. The fraction of sp³-hybridized carbons (Fsp3) is 0.846. The highest BCUT2D eigenvalue weighted by molar-refractivity contribution is 5.81. The number of carboxylic acid groups (broad SMARTS) is 1. The molecule has 0 aliphatic carbocycles. The Hall–Kier alpha value is -1.30. The van der Waals surface area contributed by atoms with Crippen LogP contribution in [-0.2, 0) is 14.3 Å². The predicted molar refractivity (Wildman–Crippen MR) is 69.0 cm³/mol. The molecule has 0 radical (unpaired) electrons. The lowest BCUT2D eigenvalue weighted by molar-refractivity contribution is -0.142. The van der Waals surface area contributed by atoms with Crippen molar-refractivity contribution in [1.29, 1.82) is 0 Å². The van der Waals surface area contributed by atoms with Crippen molar-refractivity contribution in [2.75, 3.05) is 13.2 Å². The van der Waals surface area contributed by atoms with E-state index >= 15 is 0 Å². The molecule has 6 heteroatoms. The highest BCUT2D eigenvalue weighted by atomic mass is 16.6. The Morgan fingerprint density at radius 2 is 2.21 bits per heavy atom. The van der Waals surface area contributed by atoms with Crippen molar-refractivity contribution in [3.63, 3.8) is 0 Å². The topological polar surface area (TPSA) is 76.1 Å². The van der Waals surface area contributed by atoms with Crippen LogP contribution < -0.4 is 0 Å². The Balaban J connectivity index is 2.70. The van der Waals surface area contributed by atoms with E-state index in [-0.39, 0.29) is 26.0 Å². The van der Waals surface area contributed by atoms with Crippen molar-refractivity contribution < 1.29 is 25.5 Å². The van der Waals surface area contributed by atoms with Crippen molar-refractivity contribution >= 4 is 12.1 Å². The molecule has 2 atom stereocenters. The van der Waals surface area contributed by atoms with E-state index in [1.807, 2.05) is 6.92 Å². The summed E-state index contributed by atoms with van der Waals surface area (Å²) in [6.45, 7) is 5.87. The molecule has 0 spiro atoms. The van der Waals surface area contributed by atoms with Crippen LogP contribution >= 0.6 is 0 Å². The molecule has 0 aromatic rings. The van der Waals surface area contributed by atoms with Gasteiger partial charge in [-0.05, 0) is 27.2 Å². The van der Waals surface area contributed by atoms with Gasteiger partial charge in [0.1, 0.15) is 11.6 Å². The van der Waals surface area contributed by atoms with E-state index in [0.29, 0.717) is 6.61 Å². The Kier molecular flexibility index (Phi) is 4.63. The average molecular weight is 274 g/mol. The van der Waals surface area contributed by atoms with Crippen LogP contribution in [-0.4, -0.2) is 53.0 Å². The zero-order valence-corrected chi connectivity index (χ0v) is 11.7. The van der Waals surface area contributed by atoms with Crippen LogP contribution in [0.4, 0.5) is 4.79 Å². The summed E-state index contributed by atoms with van der Waals surface area (Å²) >= 11 is 0. The summed E-state index contributed by atoms with van der Waals surface area (Å²) in [4.78, 5) is 24.5. The maximum Gasteiger partial charge on any atom is 0.411 e.